The van der Waals surface area contributed by atoms with Crippen molar-refractivity contribution in [3.05, 3.63) is 0 Å². The number of unbranched alkanes of at least 4 members (excludes halogenated alkanes) is 4. The number of hydrogen-bond donors (Lipinski definition) is 1. The Balaban J connectivity index is 0. The van der Waals surface area contributed by atoms with E-state index in [4.69, 9.17) is 10.4 Å². The Kier molecular flexibility index (Phi) is 18.9. The van der Waals surface area contributed by atoms with Crippen molar-refractivity contribution in [1.29, 1.82) is 5.26 Å². The lowest BCUT2D eigenvalue weighted by molar-refractivity contribution is 0.503. The molecule has 0 amide bonds. The van der Waals surface area contributed by atoms with Crippen LogP contribution in [0.25, 0.3) is 0 Å². The quantitative estimate of drug-likeness (QED) is 0.485. The zero-order valence-electron chi connectivity index (χ0n) is 6.93. The van der Waals surface area contributed by atoms with Gasteiger partial charge in [-0.1, -0.05) is 46.0 Å². The van der Waals surface area contributed by atoms with Crippen LogP contribution in [0, 0.1) is 11.5 Å². The summed E-state index contributed by atoms with van der Waals surface area (Å²) in [4.78, 5) is 0. The Hall–Kier alpha value is -0.710. The van der Waals surface area contributed by atoms with E-state index in [1.807, 2.05) is 0 Å². The zero-order chi connectivity index (χ0) is 8.24. The fourth-order valence-corrected chi connectivity index (χ4v) is 0.677. The van der Waals surface area contributed by atoms with Crippen molar-refractivity contribution in [2.45, 2.75) is 46.0 Å². The van der Waals surface area contributed by atoms with Crippen LogP contribution in [0.4, 0.5) is 0 Å². The summed E-state index contributed by atoms with van der Waals surface area (Å²) in [6, 6.07) is 0. The highest BCUT2D eigenvalue weighted by molar-refractivity contribution is 4.35. The zero-order valence-corrected chi connectivity index (χ0v) is 6.93. The summed E-state index contributed by atoms with van der Waals surface area (Å²) < 4.78 is 0. The number of aliphatic hydroxyl groups is 1. The predicted molar refractivity (Wildman–Crippen MR) is 42.0 cm³/mol. The summed E-state index contributed by atoms with van der Waals surface area (Å²) in [5.74, 6) is 0. The van der Waals surface area contributed by atoms with Gasteiger partial charge in [0.15, 0.2) is 0 Å². The molecule has 0 bridgehead atoms. The van der Waals surface area contributed by atoms with Crippen LogP contribution in [-0.4, -0.2) is 5.11 Å². The molecule has 0 aromatic rings. The molecule has 0 rings (SSSR count). The monoisotopic (exact) mass is 143 g/mol. The number of nitriles is 1. The predicted octanol–water partition coefficient (Wildman–Crippen LogP) is 2.82. The van der Waals surface area contributed by atoms with E-state index in [1.165, 1.54) is 32.1 Å². The first-order valence-corrected chi connectivity index (χ1v) is 3.86. The van der Waals surface area contributed by atoms with E-state index < -0.39 is 0 Å². The van der Waals surface area contributed by atoms with Crippen molar-refractivity contribution in [3.8, 4) is 6.26 Å². The molecule has 0 heterocycles. The maximum Gasteiger partial charge on any atom is 0.283 e. The van der Waals surface area contributed by atoms with Gasteiger partial charge in [0.25, 0.3) is 6.26 Å². The summed E-state index contributed by atoms with van der Waals surface area (Å²) in [5.41, 5.74) is 0. The molecule has 0 aromatic carbocycles. The van der Waals surface area contributed by atoms with Crippen molar-refractivity contribution in [2.24, 2.45) is 0 Å². The summed E-state index contributed by atoms with van der Waals surface area (Å²) in [6.07, 6.45) is 7.76. The Labute approximate surface area is 63.5 Å². The van der Waals surface area contributed by atoms with Gasteiger partial charge in [0, 0.05) is 0 Å². The molecule has 2 nitrogen and oxygen atoms in total. The molecule has 0 radical (unpaired) electrons. The lowest BCUT2D eigenvalue weighted by Gasteiger charge is -1.90. The van der Waals surface area contributed by atoms with E-state index in [1.54, 1.807) is 0 Å². The highest BCUT2D eigenvalue weighted by Gasteiger charge is 1.80. The van der Waals surface area contributed by atoms with E-state index in [0.717, 1.165) is 6.26 Å². The van der Waals surface area contributed by atoms with Crippen LogP contribution in [0.2, 0.25) is 0 Å². The molecule has 0 aliphatic heterocycles. The molecule has 0 aliphatic carbocycles. The second kappa shape index (κ2) is 15.7. The van der Waals surface area contributed by atoms with Gasteiger partial charge in [-0.2, -0.15) is 5.26 Å². The molecule has 0 saturated heterocycles. The normalized spacial score (nSPS) is 7.30. The third-order valence-corrected chi connectivity index (χ3v) is 1.21. The molecule has 1 N–H and O–H groups in total. The van der Waals surface area contributed by atoms with Gasteiger partial charge >= 0.3 is 0 Å². The summed E-state index contributed by atoms with van der Waals surface area (Å²) in [7, 11) is 0. The van der Waals surface area contributed by atoms with Crippen LogP contribution >= 0.6 is 0 Å². The summed E-state index contributed by atoms with van der Waals surface area (Å²) >= 11 is 0. The van der Waals surface area contributed by atoms with Crippen molar-refractivity contribution in [1.82, 2.24) is 0 Å². The molecule has 60 valence electrons. The lowest BCUT2D eigenvalue weighted by atomic mass is 10.2. The second-order valence-electron chi connectivity index (χ2n) is 2.16. The Bertz CT molecular complexity index is 71.8. The first-order valence-electron chi connectivity index (χ1n) is 3.86. The van der Waals surface area contributed by atoms with Crippen LogP contribution in [0.5, 0.6) is 0 Å². The SMILES string of the molecule is CCCCCCC.N#CO. The van der Waals surface area contributed by atoms with Crippen molar-refractivity contribution in [2.75, 3.05) is 0 Å². The van der Waals surface area contributed by atoms with Crippen LogP contribution in [0.1, 0.15) is 46.0 Å². The van der Waals surface area contributed by atoms with E-state index in [-0.39, 0.29) is 0 Å². The number of aliphatic hydroxyl groups excluding tert-OH is 1. The minimum absolute atomic E-state index is 0.750. The topological polar surface area (TPSA) is 44.0 Å². The highest BCUT2D eigenvalue weighted by atomic mass is 16.2. The van der Waals surface area contributed by atoms with E-state index in [2.05, 4.69) is 13.8 Å². The maximum atomic E-state index is 6.88. The Morgan fingerprint density at radius 1 is 1.10 bits per heavy atom. The maximum absolute atomic E-state index is 6.88. The molecule has 0 saturated carbocycles. The first kappa shape index (κ1) is 12.0. The standard InChI is InChI=1S/C7H16.CHNO/c1-3-5-7-6-4-2;2-1-3/h3-7H2,1-2H3;3H. The average Bonchev–Trinajstić information content (AvgIpc) is 1.91. The van der Waals surface area contributed by atoms with Crippen molar-refractivity contribution < 1.29 is 5.11 Å². The van der Waals surface area contributed by atoms with E-state index in [0.29, 0.717) is 0 Å². The first-order chi connectivity index (χ1) is 4.83. The van der Waals surface area contributed by atoms with E-state index in [9.17, 15) is 0 Å². The summed E-state index contributed by atoms with van der Waals surface area (Å²) in [6.45, 7) is 4.49. The van der Waals surface area contributed by atoms with Crippen LogP contribution in [0.15, 0.2) is 0 Å². The van der Waals surface area contributed by atoms with Gasteiger partial charge in [0.05, 0.1) is 0 Å². The molecule has 0 atom stereocenters. The fraction of sp³-hybridized carbons (Fsp3) is 0.875. The molecule has 0 unspecified atom stereocenters. The molecule has 0 aromatic heterocycles. The van der Waals surface area contributed by atoms with Gasteiger partial charge < -0.3 is 5.11 Å². The average molecular weight is 143 g/mol. The minimum Gasteiger partial charge on any atom is -0.443 e. The van der Waals surface area contributed by atoms with Gasteiger partial charge in [0.1, 0.15) is 0 Å². The molecule has 0 fully saturated rings. The smallest absolute Gasteiger partial charge is 0.283 e. The van der Waals surface area contributed by atoms with Crippen LogP contribution < -0.4 is 0 Å². The van der Waals surface area contributed by atoms with Crippen LogP contribution in [0.3, 0.4) is 0 Å². The van der Waals surface area contributed by atoms with Gasteiger partial charge in [-0.15, -0.1) is 0 Å². The number of nitrogens with zero attached hydrogens (tertiary/aromatic N) is 1. The Morgan fingerprint density at radius 2 is 1.40 bits per heavy atom. The molecular weight excluding hydrogens is 126 g/mol. The van der Waals surface area contributed by atoms with Gasteiger partial charge in [-0.3, -0.25) is 0 Å². The summed E-state index contributed by atoms with van der Waals surface area (Å²) in [5, 5.41) is 13.8. The number of hydrogen-bond acceptors (Lipinski definition) is 2. The second-order valence-corrected chi connectivity index (χ2v) is 2.16. The van der Waals surface area contributed by atoms with Gasteiger partial charge in [0.2, 0.25) is 0 Å². The molecule has 10 heavy (non-hydrogen) atoms. The Morgan fingerprint density at radius 3 is 1.60 bits per heavy atom. The third-order valence-electron chi connectivity index (χ3n) is 1.21. The fourth-order valence-electron chi connectivity index (χ4n) is 0.677. The van der Waals surface area contributed by atoms with E-state index >= 15 is 0 Å². The lowest BCUT2D eigenvalue weighted by Crippen LogP contribution is -1.70. The van der Waals surface area contributed by atoms with Crippen LogP contribution in [-0.2, 0) is 0 Å². The third kappa shape index (κ3) is 26.6. The molecule has 0 spiro atoms. The minimum atomic E-state index is 0.750. The molecular formula is C8H17NO. The molecule has 2 heteroatoms. The van der Waals surface area contributed by atoms with Crippen molar-refractivity contribution >= 4 is 0 Å². The highest BCUT2D eigenvalue weighted by Crippen LogP contribution is 2.00. The van der Waals surface area contributed by atoms with Crippen molar-refractivity contribution in [3.63, 3.8) is 0 Å². The molecule has 0 aliphatic rings. The largest absolute Gasteiger partial charge is 0.443 e. The number of rotatable bonds is 4. The van der Waals surface area contributed by atoms with Gasteiger partial charge in [-0.05, 0) is 0 Å². The van der Waals surface area contributed by atoms with Gasteiger partial charge in [-0.25, -0.2) is 0 Å².